The largest absolute Gasteiger partial charge is 0.457 e. The Morgan fingerprint density at radius 1 is 0.930 bits per heavy atom. The second-order valence-electron chi connectivity index (χ2n) is 14.2. The first-order valence-electron chi connectivity index (χ1n) is 18.9. The summed E-state index contributed by atoms with van der Waals surface area (Å²) in [5.41, 5.74) is 8.05. The lowest BCUT2D eigenvalue weighted by Gasteiger charge is -2.33. The fourth-order valence-corrected chi connectivity index (χ4v) is 8.60. The molecule has 3 aliphatic rings. The Morgan fingerprint density at radius 3 is 2.51 bits per heavy atom. The lowest BCUT2D eigenvalue weighted by Crippen LogP contribution is -2.54. The zero-order valence-corrected chi connectivity index (χ0v) is 31.7. The van der Waals surface area contributed by atoms with Crippen LogP contribution in [0.3, 0.4) is 0 Å². The van der Waals surface area contributed by atoms with Crippen molar-refractivity contribution < 1.29 is 33.1 Å². The highest BCUT2D eigenvalue weighted by Crippen LogP contribution is 2.36. The number of nitrogen functional groups attached to an aromatic ring is 1. The zero-order chi connectivity index (χ0) is 39.6. The van der Waals surface area contributed by atoms with Gasteiger partial charge in [-0.1, -0.05) is 24.6 Å². The van der Waals surface area contributed by atoms with E-state index in [4.69, 9.17) is 15.6 Å². The van der Waals surface area contributed by atoms with Gasteiger partial charge in [0.05, 0.1) is 22.6 Å². The number of imide groups is 2. The number of nitrogens with zero attached hydrogens (tertiary/aromatic N) is 6. The number of likely N-dealkylation sites (tertiary alicyclic amines) is 1. The number of amides is 5. The van der Waals surface area contributed by atoms with Crippen molar-refractivity contribution in [3.8, 4) is 22.8 Å². The van der Waals surface area contributed by atoms with Gasteiger partial charge >= 0.3 is 0 Å². The van der Waals surface area contributed by atoms with E-state index < -0.39 is 35.5 Å². The molecule has 3 N–H and O–H groups in total. The molecule has 292 valence electrons. The van der Waals surface area contributed by atoms with Crippen molar-refractivity contribution in [2.45, 2.75) is 68.3 Å². The molecule has 2 saturated heterocycles. The van der Waals surface area contributed by atoms with Gasteiger partial charge in [0, 0.05) is 36.4 Å². The van der Waals surface area contributed by atoms with Crippen LogP contribution in [0.4, 0.5) is 10.2 Å². The van der Waals surface area contributed by atoms with Gasteiger partial charge in [0.25, 0.3) is 11.8 Å². The van der Waals surface area contributed by atoms with E-state index in [-0.39, 0.29) is 40.8 Å². The Labute approximate surface area is 331 Å². The maximum atomic E-state index is 15.6. The van der Waals surface area contributed by atoms with Crippen molar-refractivity contribution in [2.75, 3.05) is 24.6 Å². The Morgan fingerprint density at radius 2 is 1.72 bits per heavy atom. The molecule has 1 unspecified atom stereocenters. The SMILES string of the molecule is Nc1ncnc2c1c(-c1ccc(Oc3ccccc3)cc1)nn2[C@@H]1CCCN(C(=O)CCCCCSc2ccc3c(c2F)C(=O)N(C2CCC(=O)NC2=O)C3=O)C1. The highest BCUT2D eigenvalue weighted by molar-refractivity contribution is 7.99. The third-order valence-corrected chi connectivity index (χ3v) is 11.6. The van der Waals surface area contributed by atoms with Crippen LogP contribution in [0.5, 0.6) is 11.5 Å². The first-order chi connectivity index (χ1) is 27.7. The third kappa shape index (κ3) is 7.56. The Kier molecular flexibility index (Phi) is 10.7. The zero-order valence-electron chi connectivity index (χ0n) is 30.9. The molecule has 5 amide bonds. The summed E-state index contributed by atoms with van der Waals surface area (Å²) in [6, 6.07) is 18.8. The highest BCUT2D eigenvalue weighted by Gasteiger charge is 2.46. The first kappa shape index (κ1) is 37.7. The second-order valence-corrected chi connectivity index (χ2v) is 15.4. The van der Waals surface area contributed by atoms with Crippen LogP contribution in [0.25, 0.3) is 22.3 Å². The number of thioether (sulfide) groups is 1. The number of hydrogen-bond acceptors (Lipinski definition) is 11. The van der Waals surface area contributed by atoms with E-state index in [1.54, 1.807) is 0 Å². The molecule has 0 aliphatic carbocycles. The molecule has 5 aromatic rings. The summed E-state index contributed by atoms with van der Waals surface area (Å²) in [4.78, 5) is 75.1. The lowest BCUT2D eigenvalue weighted by atomic mass is 10.0. The van der Waals surface area contributed by atoms with Crippen molar-refractivity contribution in [2.24, 2.45) is 0 Å². The number of aromatic nitrogens is 4. The molecule has 2 fully saturated rings. The summed E-state index contributed by atoms with van der Waals surface area (Å²) >= 11 is 1.23. The van der Waals surface area contributed by atoms with E-state index >= 15 is 4.39 Å². The van der Waals surface area contributed by atoms with Crippen molar-refractivity contribution >= 4 is 58.1 Å². The number of unbranched alkanes of at least 4 members (excludes halogenated alkanes) is 2. The van der Waals surface area contributed by atoms with Crippen LogP contribution >= 0.6 is 11.8 Å². The third-order valence-electron chi connectivity index (χ3n) is 10.5. The molecule has 0 bridgehead atoms. The van der Waals surface area contributed by atoms with Crippen molar-refractivity contribution in [3.05, 3.63) is 90.0 Å². The van der Waals surface area contributed by atoms with Gasteiger partial charge in [-0.2, -0.15) is 5.10 Å². The number of benzene rings is 3. The fourth-order valence-electron chi connectivity index (χ4n) is 7.64. The minimum atomic E-state index is -1.16. The second kappa shape index (κ2) is 16.1. The average Bonchev–Trinajstić information content (AvgIpc) is 3.73. The number of nitrogens with one attached hydrogen (secondary N) is 1. The van der Waals surface area contributed by atoms with Crippen LogP contribution in [0.2, 0.25) is 0 Å². The molecule has 0 radical (unpaired) electrons. The number of hydrogen-bond donors (Lipinski definition) is 2. The van der Waals surface area contributed by atoms with Crippen LogP contribution in [0, 0.1) is 5.82 Å². The molecule has 8 rings (SSSR count). The summed E-state index contributed by atoms with van der Waals surface area (Å²) in [6.45, 7) is 1.13. The number of carbonyl (C=O) groups excluding carboxylic acids is 5. The van der Waals surface area contributed by atoms with Gasteiger partial charge in [0.2, 0.25) is 17.7 Å². The number of rotatable bonds is 12. The topological polar surface area (TPSA) is 183 Å². The van der Waals surface area contributed by atoms with E-state index in [1.165, 1.54) is 30.2 Å². The van der Waals surface area contributed by atoms with E-state index in [0.717, 1.165) is 35.5 Å². The molecule has 5 heterocycles. The van der Waals surface area contributed by atoms with Crippen molar-refractivity contribution in [1.29, 1.82) is 0 Å². The average molecular weight is 791 g/mol. The predicted octanol–water partition coefficient (Wildman–Crippen LogP) is 5.92. The summed E-state index contributed by atoms with van der Waals surface area (Å²) in [5.74, 6) is -1.30. The van der Waals surface area contributed by atoms with Crippen LogP contribution in [-0.2, 0) is 14.4 Å². The number of piperidine rings is 2. The molecular weight excluding hydrogens is 752 g/mol. The van der Waals surface area contributed by atoms with E-state index in [1.807, 2.05) is 64.2 Å². The number of nitrogens with two attached hydrogens (primary N) is 1. The van der Waals surface area contributed by atoms with Gasteiger partial charge in [-0.15, -0.1) is 11.8 Å². The number of para-hydroxylation sites is 1. The Balaban J connectivity index is 0.847. The Bertz CT molecular complexity index is 2390. The Hall–Kier alpha value is -6.16. The van der Waals surface area contributed by atoms with Gasteiger partial charge in [-0.25, -0.2) is 19.0 Å². The monoisotopic (exact) mass is 790 g/mol. The lowest BCUT2D eigenvalue weighted by molar-refractivity contribution is -0.136. The highest BCUT2D eigenvalue weighted by atomic mass is 32.2. The van der Waals surface area contributed by atoms with Crippen LogP contribution in [0.15, 0.2) is 78.0 Å². The number of ether oxygens (including phenoxy) is 1. The number of anilines is 1. The quantitative estimate of drug-likeness (QED) is 0.0869. The molecule has 57 heavy (non-hydrogen) atoms. The maximum Gasteiger partial charge on any atom is 0.265 e. The molecule has 3 aromatic carbocycles. The fraction of sp³-hybridized carbons (Fsp3) is 0.317. The van der Waals surface area contributed by atoms with Crippen LogP contribution in [-0.4, -0.2) is 84.0 Å². The van der Waals surface area contributed by atoms with Gasteiger partial charge in [-0.3, -0.25) is 34.2 Å². The molecule has 3 aliphatic heterocycles. The standard InChI is InChI=1S/C41H39FN8O6S/c42-35-30(18-16-28-33(35)41(55)49(40(28)54)29-17-19-31(51)46-39(29)53)57-21-6-2-5-11-32(52)48-20-7-8-25(22-48)50-38-34(37(43)44-23-45-38)36(47-50)24-12-14-27(15-13-24)56-26-9-3-1-4-10-26/h1,3-4,9-10,12-16,18,23,25,29H,2,5-8,11,17,19-22H2,(H2,43,44,45)(H,46,51,53)/t25-,29?/m1/s1. The van der Waals surface area contributed by atoms with Crippen molar-refractivity contribution in [1.82, 2.24) is 34.9 Å². The molecule has 0 saturated carbocycles. The number of halogens is 1. The van der Waals surface area contributed by atoms with Gasteiger partial charge in [0.15, 0.2) is 5.65 Å². The summed E-state index contributed by atoms with van der Waals surface area (Å²) < 4.78 is 23.4. The van der Waals surface area contributed by atoms with Crippen molar-refractivity contribution in [3.63, 3.8) is 0 Å². The summed E-state index contributed by atoms with van der Waals surface area (Å²) in [5, 5.41) is 7.79. The number of fused-ring (bicyclic) bond motifs is 2. The molecule has 14 nitrogen and oxygen atoms in total. The normalized spacial score (nSPS) is 18.3. The van der Waals surface area contributed by atoms with Gasteiger partial charge in [-0.05, 0) is 86.4 Å². The number of carbonyl (C=O) groups is 5. The van der Waals surface area contributed by atoms with Gasteiger partial charge in [0.1, 0.15) is 41.2 Å². The molecule has 16 heteroatoms. The maximum absolute atomic E-state index is 15.6. The summed E-state index contributed by atoms with van der Waals surface area (Å²) in [6.07, 6.45) is 5.50. The van der Waals surface area contributed by atoms with Crippen LogP contribution in [0.1, 0.15) is 78.1 Å². The van der Waals surface area contributed by atoms with E-state index in [2.05, 4.69) is 15.3 Å². The molecule has 2 aromatic heterocycles. The predicted molar refractivity (Wildman–Crippen MR) is 209 cm³/mol. The molecular formula is C41H39FN8O6S. The van der Waals surface area contributed by atoms with Gasteiger partial charge < -0.3 is 15.4 Å². The smallest absolute Gasteiger partial charge is 0.265 e. The molecule has 0 spiro atoms. The minimum Gasteiger partial charge on any atom is -0.457 e. The van der Waals surface area contributed by atoms with E-state index in [9.17, 15) is 24.0 Å². The van der Waals surface area contributed by atoms with Crippen LogP contribution < -0.4 is 15.8 Å². The first-order valence-corrected chi connectivity index (χ1v) is 19.9. The molecule has 2 atom stereocenters. The summed E-state index contributed by atoms with van der Waals surface area (Å²) in [7, 11) is 0. The minimum absolute atomic E-state index is 0.00385. The van der Waals surface area contributed by atoms with E-state index in [0.29, 0.717) is 66.4 Å².